The van der Waals surface area contributed by atoms with Gasteiger partial charge in [0.1, 0.15) is 5.82 Å². The fourth-order valence-electron chi connectivity index (χ4n) is 4.70. The van der Waals surface area contributed by atoms with Gasteiger partial charge in [-0.2, -0.15) is 4.52 Å². The maximum Gasteiger partial charge on any atom is 0.253 e. The van der Waals surface area contributed by atoms with Gasteiger partial charge in [0.05, 0.1) is 0 Å². The van der Waals surface area contributed by atoms with Gasteiger partial charge in [-0.1, -0.05) is 18.2 Å². The highest BCUT2D eigenvalue weighted by Crippen LogP contribution is 2.16. The fraction of sp³-hybridized carbons (Fsp3) is 0.480. The minimum atomic E-state index is -0.00944. The minimum Gasteiger partial charge on any atom is -0.353 e. The molecule has 0 aliphatic carbocycles. The lowest BCUT2D eigenvalue weighted by Gasteiger charge is -2.33. The summed E-state index contributed by atoms with van der Waals surface area (Å²) in [5.41, 5.74) is 1.40. The highest BCUT2D eigenvalue weighted by atomic mass is 35.5. The SMILES string of the molecule is CN1CCN(c2ccc3nnc(CCC(=O)NC4CCN(C(=O)c5ccccc5)CC4)n3n2)CC1.Cl. The first-order valence-corrected chi connectivity index (χ1v) is 12.4. The molecule has 11 heteroatoms. The molecule has 0 atom stereocenters. The zero-order chi connectivity index (χ0) is 24.2. The first-order chi connectivity index (χ1) is 17.1. The summed E-state index contributed by atoms with van der Waals surface area (Å²) in [5.74, 6) is 1.64. The Morgan fingerprint density at radius 2 is 1.67 bits per heavy atom. The van der Waals surface area contributed by atoms with E-state index >= 15 is 0 Å². The molecular formula is C25H33ClN8O2. The lowest BCUT2D eigenvalue weighted by atomic mass is 10.0. The predicted octanol–water partition coefficient (Wildman–Crippen LogP) is 1.65. The number of anilines is 1. The number of nitrogens with one attached hydrogen (secondary N) is 1. The first kappa shape index (κ1) is 25.8. The molecule has 192 valence electrons. The molecule has 1 aromatic carbocycles. The van der Waals surface area contributed by atoms with E-state index in [4.69, 9.17) is 5.10 Å². The van der Waals surface area contributed by atoms with Gasteiger partial charge in [0.25, 0.3) is 5.91 Å². The normalized spacial score (nSPS) is 17.1. The van der Waals surface area contributed by atoms with Gasteiger partial charge in [0.2, 0.25) is 5.91 Å². The van der Waals surface area contributed by atoms with Crippen molar-refractivity contribution in [1.29, 1.82) is 0 Å². The summed E-state index contributed by atoms with van der Waals surface area (Å²) in [6.07, 6.45) is 2.31. The predicted molar refractivity (Wildman–Crippen MR) is 140 cm³/mol. The molecule has 0 unspecified atom stereocenters. The maximum atomic E-state index is 12.6. The number of nitrogens with zero attached hydrogens (tertiary/aromatic N) is 7. The Bertz CT molecular complexity index is 1170. The van der Waals surface area contributed by atoms with Gasteiger partial charge in [0.15, 0.2) is 11.5 Å². The number of likely N-dealkylation sites (tertiary alicyclic amines) is 1. The number of aromatic nitrogens is 4. The van der Waals surface area contributed by atoms with Crippen molar-refractivity contribution in [3.05, 3.63) is 53.9 Å². The van der Waals surface area contributed by atoms with Crippen molar-refractivity contribution < 1.29 is 9.59 Å². The van der Waals surface area contributed by atoms with Gasteiger partial charge in [-0.05, 0) is 44.2 Å². The Labute approximate surface area is 217 Å². The number of benzene rings is 1. The van der Waals surface area contributed by atoms with Crippen LogP contribution in [0.15, 0.2) is 42.5 Å². The Morgan fingerprint density at radius 3 is 2.39 bits per heavy atom. The van der Waals surface area contributed by atoms with Gasteiger partial charge in [-0.15, -0.1) is 27.7 Å². The molecule has 2 aromatic heterocycles. The largest absolute Gasteiger partial charge is 0.353 e. The molecule has 2 aliphatic rings. The van der Waals surface area contributed by atoms with Gasteiger partial charge in [0, 0.05) is 63.7 Å². The third-order valence-electron chi connectivity index (χ3n) is 6.88. The van der Waals surface area contributed by atoms with E-state index in [1.165, 1.54) is 0 Å². The van der Waals surface area contributed by atoms with Crippen LogP contribution in [0.5, 0.6) is 0 Å². The number of rotatable bonds is 6. The van der Waals surface area contributed by atoms with Crippen LogP contribution >= 0.6 is 12.4 Å². The number of fused-ring (bicyclic) bond motifs is 1. The molecule has 0 bridgehead atoms. The second-order valence-electron chi connectivity index (χ2n) is 9.37. The van der Waals surface area contributed by atoms with Crippen molar-refractivity contribution in [2.45, 2.75) is 31.7 Å². The maximum absolute atomic E-state index is 12.6. The Hall–Kier alpha value is -3.24. The number of likely N-dealkylation sites (N-methyl/N-ethyl adjacent to an activating group) is 1. The monoisotopic (exact) mass is 512 g/mol. The molecular weight excluding hydrogens is 480 g/mol. The number of piperidine rings is 1. The summed E-state index contributed by atoms with van der Waals surface area (Å²) in [4.78, 5) is 31.7. The Morgan fingerprint density at radius 1 is 0.944 bits per heavy atom. The van der Waals surface area contributed by atoms with Crippen LogP contribution < -0.4 is 10.2 Å². The number of carbonyl (C=O) groups excluding carboxylic acids is 2. The number of aryl methyl sites for hydroxylation is 1. The van der Waals surface area contributed by atoms with Gasteiger partial charge in [-0.25, -0.2) is 0 Å². The highest BCUT2D eigenvalue weighted by molar-refractivity contribution is 5.94. The van der Waals surface area contributed by atoms with E-state index in [1.54, 1.807) is 4.52 Å². The Balaban J connectivity index is 0.00000304. The van der Waals surface area contributed by atoms with Crippen LogP contribution in [0.2, 0.25) is 0 Å². The fourth-order valence-corrected chi connectivity index (χ4v) is 4.70. The summed E-state index contributed by atoms with van der Waals surface area (Å²) < 4.78 is 1.76. The molecule has 2 amide bonds. The van der Waals surface area contributed by atoms with Gasteiger partial charge < -0.3 is 20.0 Å². The molecule has 2 aliphatic heterocycles. The molecule has 10 nitrogen and oxygen atoms in total. The van der Waals surface area contributed by atoms with Crippen LogP contribution in [-0.4, -0.2) is 93.8 Å². The van der Waals surface area contributed by atoms with E-state index in [1.807, 2.05) is 47.4 Å². The minimum absolute atomic E-state index is 0. The molecule has 1 N–H and O–H groups in total. The molecule has 3 aromatic rings. The quantitative estimate of drug-likeness (QED) is 0.536. The van der Waals surface area contributed by atoms with Crippen molar-refractivity contribution in [3.8, 4) is 0 Å². The first-order valence-electron chi connectivity index (χ1n) is 12.4. The summed E-state index contributed by atoms with van der Waals surface area (Å²) >= 11 is 0. The third-order valence-corrected chi connectivity index (χ3v) is 6.88. The second kappa shape index (κ2) is 11.7. The van der Waals surface area contributed by atoms with Crippen molar-refractivity contribution in [3.63, 3.8) is 0 Å². The summed E-state index contributed by atoms with van der Waals surface area (Å²) in [5, 5.41) is 16.4. The van der Waals surface area contributed by atoms with Crippen molar-refractivity contribution in [2.75, 3.05) is 51.2 Å². The number of amides is 2. The van der Waals surface area contributed by atoms with Crippen molar-refractivity contribution >= 4 is 35.7 Å². The van der Waals surface area contributed by atoms with Crippen LogP contribution in [0.3, 0.4) is 0 Å². The number of hydrogen-bond acceptors (Lipinski definition) is 7. The van der Waals surface area contributed by atoms with E-state index in [-0.39, 0.29) is 30.3 Å². The number of piperazine rings is 1. The van der Waals surface area contributed by atoms with Crippen LogP contribution in [0, 0.1) is 0 Å². The van der Waals surface area contributed by atoms with Crippen LogP contribution in [-0.2, 0) is 11.2 Å². The summed E-state index contributed by atoms with van der Waals surface area (Å²) in [6.45, 7) is 5.18. The molecule has 4 heterocycles. The average Bonchev–Trinajstić information content (AvgIpc) is 3.31. The number of halogens is 1. The van der Waals surface area contributed by atoms with Crippen molar-refractivity contribution in [2.24, 2.45) is 0 Å². The second-order valence-corrected chi connectivity index (χ2v) is 9.37. The topological polar surface area (TPSA) is 99.0 Å². The van der Waals surface area contributed by atoms with Crippen LogP contribution in [0.4, 0.5) is 5.82 Å². The molecule has 0 radical (unpaired) electrons. The van der Waals surface area contributed by atoms with Crippen LogP contribution in [0.1, 0.15) is 35.4 Å². The molecule has 5 rings (SSSR count). The Kier molecular flexibility index (Phi) is 8.37. The molecule has 36 heavy (non-hydrogen) atoms. The van der Waals surface area contributed by atoms with E-state index in [9.17, 15) is 9.59 Å². The summed E-state index contributed by atoms with van der Waals surface area (Å²) in [6, 6.07) is 13.3. The summed E-state index contributed by atoms with van der Waals surface area (Å²) in [7, 11) is 2.13. The molecule has 0 saturated carbocycles. The highest BCUT2D eigenvalue weighted by Gasteiger charge is 2.25. The lowest BCUT2D eigenvalue weighted by Crippen LogP contribution is -2.46. The van der Waals surface area contributed by atoms with E-state index in [0.717, 1.165) is 44.8 Å². The van der Waals surface area contributed by atoms with E-state index < -0.39 is 0 Å². The number of hydrogen-bond donors (Lipinski definition) is 1. The van der Waals surface area contributed by atoms with Gasteiger partial charge >= 0.3 is 0 Å². The molecule has 2 saturated heterocycles. The smallest absolute Gasteiger partial charge is 0.253 e. The van der Waals surface area contributed by atoms with Gasteiger partial charge in [-0.3, -0.25) is 9.59 Å². The lowest BCUT2D eigenvalue weighted by molar-refractivity contribution is -0.122. The standard InChI is InChI=1S/C25H32N8O2.ClH/c1-30-15-17-31(18-16-30)23-8-7-21-27-28-22(33(21)29-23)9-10-24(34)26-20-11-13-32(14-12-20)25(35)19-5-3-2-4-6-19;/h2-8,20H,9-18H2,1H3,(H,26,34);1H. The molecule has 2 fully saturated rings. The van der Waals surface area contributed by atoms with E-state index in [2.05, 4.69) is 32.4 Å². The molecule has 0 spiro atoms. The zero-order valence-electron chi connectivity index (χ0n) is 20.5. The van der Waals surface area contributed by atoms with Crippen LogP contribution in [0.25, 0.3) is 5.65 Å². The third kappa shape index (κ3) is 5.93. The number of carbonyl (C=O) groups is 2. The van der Waals surface area contributed by atoms with E-state index in [0.29, 0.717) is 43.0 Å². The zero-order valence-corrected chi connectivity index (χ0v) is 21.4. The average molecular weight is 513 g/mol. The van der Waals surface area contributed by atoms with Crippen molar-refractivity contribution in [1.82, 2.24) is 34.9 Å².